The first-order valence-electron chi connectivity index (χ1n) is 12.0. The molecule has 0 aliphatic rings. The van der Waals surface area contributed by atoms with E-state index in [1.807, 2.05) is 12.1 Å². The molecule has 0 aliphatic carbocycles. The summed E-state index contributed by atoms with van der Waals surface area (Å²) in [6, 6.07) is 20.9. The van der Waals surface area contributed by atoms with Gasteiger partial charge >= 0.3 is 5.97 Å². The number of benzene rings is 2. The molecule has 0 saturated heterocycles. The van der Waals surface area contributed by atoms with Crippen LogP contribution in [-0.4, -0.2) is 38.7 Å². The van der Waals surface area contributed by atoms with Crippen LogP contribution < -0.4 is 10.4 Å². The summed E-state index contributed by atoms with van der Waals surface area (Å²) in [5, 5.41) is 13.4. The van der Waals surface area contributed by atoms with Gasteiger partial charge in [-0.1, -0.05) is 114 Å². The summed E-state index contributed by atoms with van der Waals surface area (Å²) in [4.78, 5) is 11.7. The van der Waals surface area contributed by atoms with Crippen molar-refractivity contribution in [3.63, 3.8) is 0 Å². The van der Waals surface area contributed by atoms with Crippen molar-refractivity contribution in [1.82, 2.24) is 0 Å². The van der Waals surface area contributed by atoms with Crippen LogP contribution >= 0.6 is 0 Å². The number of rotatable bonds is 12. The molecule has 0 amide bonds. The van der Waals surface area contributed by atoms with Gasteiger partial charge in [-0.2, -0.15) is 0 Å². The molecule has 2 aromatic carbocycles. The number of hydrogen-bond acceptors (Lipinski definition) is 4. The van der Waals surface area contributed by atoms with E-state index >= 15 is 0 Å². The van der Waals surface area contributed by atoms with Crippen molar-refractivity contribution in [1.29, 1.82) is 0 Å². The maximum Gasteiger partial charge on any atom is 0.330 e. The lowest BCUT2D eigenvalue weighted by Crippen LogP contribution is -2.68. The van der Waals surface area contributed by atoms with Gasteiger partial charge in [-0.25, -0.2) is 4.79 Å². The quantitative estimate of drug-likeness (QED) is 0.206. The van der Waals surface area contributed by atoms with E-state index in [0.29, 0.717) is 12.8 Å². The summed E-state index contributed by atoms with van der Waals surface area (Å²) >= 11 is 0. The van der Waals surface area contributed by atoms with Gasteiger partial charge in [0.25, 0.3) is 8.32 Å². The summed E-state index contributed by atoms with van der Waals surface area (Å²) < 4.78 is 11.9. The molecule has 0 fully saturated rings. The van der Waals surface area contributed by atoms with E-state index in [9.17, 15) is 9.90 Å². The first-order chi connectivity index (χ1) is 15.8. The van der Waals surface area contributed by atoms with Crippen molar-refractivity contribution in [2.45, 2.75) is 77.0 Å². The third kappa shape index (κ3) is 7.13. The summed E-state index contributed by atoms with van der Waals surface area (Å²) in [7, 11) is -1.45. The number of esters is 1. The highest BCUT2D eigenvalue weighted by Crippen LogP contribution is 2.38. The zero-order chi connectivity index (χ0) is 24.3. The van der Waals surface area contributed by atoms with Crippen LogP contribution in [0.25, 0.3) is 0 Å². The van der Waals surface area contributed by atoms with E-state index in [0.717, 1.165) is 19.3 Å². The van der Waals surface area contributed by atoms with Crippen LogP contribution in [0.3, 0.4) is 0 Å². The van der Waals surface area contributed by atoms with Crippen molar-refractivity contribution < 1.29 is 19.1 Å². The Morgan fingerprint density at radius 3 is 2.00 bits per heavy atom. The molecule has 33 heavy (non-hydrogen) atoms. The van der Waals surface area contributed by atoms with E-state index in [-0.39, 0.29) is 5.04 Å². The monoisotopic (exact) mass is 468 g/mol. The number of unbranched alkanes of at least 4 members (excludes halogenated alkanes) is 2. The Hall–Kier alpha value is -2.21. The molecule has 2 atom stereocenters. The average molecular weight is 469 g/mol. The SMILES string of the molecule is CCCCC[C@H](O)[C@H](C/C=C/C(=O)OC)O[Si](c1ccccc1)(c1ccccc1)C(C)(C)C. The van der Waals surface area contributed by atoms with E-state index in [2.05, 4.69) is 76.2 Å². The van der Waals surface area contributed by atoms with Gasteiger partial charge in [0.05, 0.1) is 19.3 Å². The van der Waals surface area contributed by atoms with Crippen LogP contribution in [0.1, 0.15) is 59.8 Å². The fourth-order valence-electron chi connectivity index (χ4n) is 4.36. The van der Waals surface area contributed by atoms with Gasteiger partial charge in [0.2, 0.25) is 0 Å². The molecule has 4 nitrogen and oxygen atoms in total. The van der Waals surface area contributed by atoms with Crippen LogP contribution in [0, 0.1) is 0 Å². The van der Waals surface area contributed by atoms with Gasteiger partial charge in [0.15, 0.2) is 0 Å². The Balaban J connectivity index is 2.55. The van der Waals surface area contributed by atoms with Crippen LogP contribution in [0.15, 0.2) is 72.8 Å². The van der Waals surface area contributed by atoms with Crippen molar-refractivity contribution >= 4 is 24.7 Å². The number of carbonyl (C=O) groups excluding carboxylic acids is 1. The molecule has 0 aliphatic heterocycles. The normalized spacial score (nSPS) is 14.2. The maximum atomic E-state index is 11.7. The highest BCUT2D eigenvalue weighted by atomic mass is 28.4. The van der Waals surface area contributed by atoms with Gasteiger partial charge < -0.3 is 14.3 Å². The molecule has 0 aromatic heterocycles. The molecule has 5 heteroatoms. The maximum absolute atomic E-state index is 11.7. The fourth-order valence-corrected chi connectivity index (χ4v) is 9.08. The second kappa shape index (κ2) is 12.9. The molecular formula is C28H40O4Si. The van der Waals surface area contributed by atoms with Crippen LogP contribution in [0.4, 0.5) is 0 Å². The first-order valence-corrected chi connectivity index (χ1v) is 13.9. The number of ether oxygens (including phenoxy) is 1. The molecule has 0 unspecified atom stereocenters. The Morgan fingerprint density at radius 2 is 1.55 bits per heavy atom. The zero-order valence-electron chi connectivity index (χ0n) is 20.8. The fraction of sp³-hybridized carbons (Fsp3) is 0.464. The lowest BCUT2D eigenvalue weighted by atomic mass is 10.0. The number of methoxy groups -OCH3 is 1. The molecule has 2 aromatic rings. The molecular weight excluding hydrogens is 428 g/mol. The van der Waals surface area contributed by atoms with Crippen molar-refractivity contribution in [2.75, 3.05) is 7.11 Å². The minimum atomic E-state index is -2.82. The molecule has 0 saturated carbocycles. The summed E-state index contributed by atoms with van der Waals surface area (Å²) in [5.41, 5.74) is 0. The minimum absolute atomic E-state index is 0.191. The Bertz CT molecular complexity index is 819. The minimum Gasteiger partial charge on any atom is -0.466 e. The van der Waals surface area contributed by atoms with Gasteiger partial charge in [0, 0.05) is 6.08 Å². The van der Waals surface area contributed by atoms with Gasteiger partial charge in [-0.05, 0) is 28.3 Å². The highest BCUT2D eigenvalue weighted by molar-refractivity contribution is 6.99. The smallest absolute Gasteiger partial charge is 0.330 e. The second-order valence-electron chi connectivity index (χ2n) is 9.54. The number of aliphatic hydroxyl groups excluding tert-OH is 1. The molecule has 180 valence electrons. The lowest BCUT2D eigenvalue weighted by molar-refractivity contribution is -0.134. The van der Waals surface area contributed by atoms with Gasteiger partial charge in [-0.3, -0.25) is 0 Å². The van der Waals surface area contributed by atoms with E-state index < -0.39 is 26.5 Å². The van der Waals surface area contributed by atoms with E-state index in [1.165, 1.54) is 23.6 Å². The molecule has 0 spiro atoms. The van der Waals surface area contributed by atoms with Crippen molar-refractivity contribution in [3.05, 3.63) is 72.8 Å². The summed E-state index contributed by atoms with van der Waals surface area (Å²) in [6.07, 6.45) is 6.33. The summed E-state index contributed by atoms with van der Waals surface area (Å²) in [6.45, 7) is 8.83. The van der Waals surface area contributed by atoms with Crippen LogP contribution in [-0.2, 0) is 14.0 Å². The van der Waals surface area contributed by atoms with E-state index in [1.54, 1.807) is 6.08 Å². The number of aliphatic hydroxyl groups is 1. The molecule has 1 N–H and O–H groups in total. The molecule has 0 radical (unpaired) electrons. The second-order valence-corrected chi connectivity index (χ2v) is 13.8. The number of hydrogen-bond donors (Lipinski definition) is 1. The third-order valence-corrected chi connectivity index (χ3v) is 11.2. The largest absolute Gasteiger partial charge is 0.466 e. The van der Waals surface area contributed by atoms with Gasteiger partial charge in [-0.15, -0.1) is 0 Å². The average Bonchev–Trinajstić information content (AvgIpc) is 2.81. The Kier molecular flexibility index (Phi) is 10.5. The Labute approximate surface area is 200 Å². The number of carbonyl (C=O) groups is 1. The molecule has 0 bridgehead atoms. The highest BCUT2D eigenvalue weighted by Gasteiger charge is 2.51. The topological polar surface area (TPSA) is 55.8 Å². The predicted octanol–water partition coefficient (Wildman–Crippen LogP) is 4.99. The molecule has 0 heterocycles. The first kappa shape index (κ1) is 27.0. The van der Waals surface area contributed by atoms with Crippen molar-refractivity contribution in [3.8, 4) is 0 Å². The van der Waals surface area contributed by atoms with Crippen LogP contribution in [0.5, 0.6) is 0 Å². The van der Waals surface area contributed by atoms with Crippen LogP contribution in [0.2, 0.25) is 5.04 Å². The molecule has 2 rings (SSSR count). The third-order valence-electron chi connectivity index (χ3n) is 6.10. The lowest BCUT2D eigenvalue weighted by Gasteiger charge is -2.46. The standard InChI is InChI=1S/C28H40O4Si/c1-6-7-10-20-25(29)26(21-15-22-27(30)31-5)32-33(28(2,3)4,23-16-11-8-12-17-23)24-18-13-9-14-19-24/h8-9,11-19,22,25-26,29H,6-7,10,20-21H2,1-5H3/b22-15+/t25-,26-/m0/s1. The summed E-state index contributed by atoms with van der Waals surface area (Å²) in [5.74, 6) is -0.403. The Morgan fingerprint density at radius 1 is 1.00 bits per heavy atom. The van der Waals surface area contributed by atoms with Crippen molar-refractivity contribution in [2.24, 2.45) is 0 Å². The van der Waals surface area contributed by atoms with Gasteiger partial charge in [0.1, 0.15) is 0 Å². The zero-order valence-corrected chi connectivity index (χ0v) is 21.8. The van der Waals surface area contributed by atoms with E-state index in [4.69, 9.17) is 9.16 Å². The predicted molar refractivity (Wildman–Crippen MR) is 138 cm³/mol.